The monoisotopic (exact) mass is 397 g/mol. The standard InChI is InChI=1S/C15H23N3O3S.2ClH/c16-14(13-4-2-1-3-5-13)12-15(19)17-6-7-18-8-10-22(20,21)11-9-18;;/h1-5,14H,6-12,16H2,(H,17,19);2*1H. The lowest BCUT2D eigenvalue weighted by atomic mass is 10.0. The van der Waals surface area contributed by atoms with E-state index in [0.29, 0.717) is 26.2 Å². The van der Waals surface area contributed by atoms with Gasteiger partial charge < -0.3 is 11.1 Å². The summed E-state index contributed by atoms with van der Waals surface area (Å²) in [7, 11) is -2.85. The molecule has 0 radical (unpaired) electrons. The molecule has 1 aromatic rings. The number of sulfone groups is 1. The Balaban J connectivity index is 0.00000264. The Morgan fingerprint density at radius 3 is 2.33 bits per heavy atom. The molecular weight excluding hydrogens is 373 g/mol. The first-order valence-corrected chi connectivity index (χ1v) is 9.28. The van der Waals surface area contributed by atoms with E-state index in [1.165, 1.54) is 0 Å². The highest BCUT2D eigenvalue weighted by atomic mass is 35.5. The maximum absolute atomic E-state index is 11.9. The summed E-state index contributed by atoms with van der Waals surface area (Å²) in [5, 5.41) is 2.84. The summed E-state index contributed by atoms with van der Waals surface area (Å²) in [6, 6.07) is 9.23. The highest BCUT2D eigenvalue weighted by molar-refractivity contribution is 7.91. The summed E-state index contributed by atoms with van der Waals surface area (Å²) in [6.45, 7) is 2.27. The minimum absolute atomic E-state index is 0. The van der Waals surface area contributed by atoms with Crippen molar-refractivity contribution in [3.05, 3.63) is 35.9 Å². The summed E-state index contributed by atoms with van der Waals surface area (Å²) >= 11 is 0. The molecule has 0 saturated carbocycles. The van der Waals surface area contributed by atoms with Crippen molar-refractivity contribution in [1.29, 1.82) is 0 Å². The second-order valence-corrected chi connectivity index (χ2v) is 7.87. The highest BCUT2D eigenvalue weighted by Crippen LogP contribution is 2.12. The number of amides is 1. The van der Waals surface area contributed by atoms with E-state index in [0.717, 1.165) is 5.56 Å². The quantitative estimate of drug-likeness (QED) is 0.739. The summed E-state index contributed by atoms with van der Waals surface area (Å²) in [4.78, 5) is 13.9. The summed E-state index contributed by atoms with van der Waals surface area (Å²) < 4.78 is 22.6. The zero-order chi connectivity index (χ0) is 16.0. The number of halogens is 2. The lowest BCUT2D eigenvalue weighted by Crippen LogP contribution is -2.44. The average molecular weight is 398 g/mol. The number of hydrogen-bond acceptors (Lipinski definition) is 5. The van der Waals surface area contributed by atoms with Gasteiger partial charge in [0.15, 0.2) is 9.84 Å². The molecule has 1 atom stereocenters. The predicted molar refractivity (Wildman–Crippen MR) is 101 cm³/mol. The molecule has 1 aliphatic heterocycles. The van der Waals surface area contributed by atoms with Gasteiger partial charge in [-0.25, -0.2) is 8.42 Å². The minimum Gasteiger partial charge on any atom is -0.355 e. The summed E-state index contributed by atoms with van der Waals surface area (Å²) in [5.41, 5.74) is 6.95. The summed E-state index contributed by atoms with van der Waals surface area (Å²) in [6.07, 6.45) is 0.248. The number of rotatable bonds is 6. The second-order valence-electron chi connectivity index (χ2n) is 5.56. The number of nitrogens with zero attached hydrogens (tertiary/aromatic N) is 1. The average Bonchev–Trinajstić information content (AvgIpc) is 2.50. The Morgan fingerprint density at radius 1 is 1.17 bits per heavy atom. The van der Waals surface area contributed by atoms with Gasteiger partial charge in [-0.3, -0.25) is 9.69 Å². The molecule has 3 N–H and O–H groups in total. The van der Waals surface area contributed by atoms with Crippen LogP contribution in [0, 0.1) is 0 Å². The molecule has 1 saturated heterocycles. The van der Waals surface area contributed by atoms with Crippen molar-refractivity contribution in [3.63, 3.8) is 0 Å². The predicted octanol–water partition coefficient (Wildman–Crippen LogP) is 0.767. The van der Waals surface area contributed by atoms with Crippen LogP contribution in [0.15, 0.2) is 30.3 Å². The number of carbonyl (C=O) groups excluding carboxylic acids is 1. The van der Waals surface area contributed by atoms with E-state index in [-0.39, 0.29) is 54.7 Å². The molecule has 1 unspecified atom stereocenters. The zero-order valence-corrected chi connectivity index (χ0v) is 15.8. The Hall–Kier alpha value is -0.860. The Kier molecular flexibility index (Phi) is 10.5. The van der Waals surface area contributed by atoms with Gasteiger partial charge in [-0.05, 0) is 5.56 Å². The molecule has 1 heterocycles. The van der Waals surface area contributed by atoms with E-state index in [2.05, 4.69) is 10.2 Å². The fraction of sp³-hybridized carbons (Fsp3) is 0.533. The van der Waals surface area contributed by atoms with Crippen LogP contribution in [0.2, 0.25) is 0 Å². The van der Waals surface area contributed by atoms with E-state index in [4.69, 9.17) is 5.73 Å². The smallest absolute Gasteiger partial charge is 0.221 e. The third-order valence-electron chi connectivity index (χ3n) is 3.82. The molecule has 2 rings (SSSR count). The summed E-state index contributed by atoms with van der Waals surface area (Å²) in [5.74, 6) is 0.334. The second kappa shape index (κ2) is 10.9. The van der Waals surface area contributed by atoms with Crippen LogP contribution in [0.5, 0.6) is 0 Å². The van der Waals surface area contributed by atoms with Crippen LogP contribution in [0.3, 0.4) is 0 Å². The largest absolute Gasteiger partial charge is 0.355 e. The van der Waals surface area contributed by atoms with Gasteiger partial charge >= 0.3 is 0 Å². The lowest BCUT2D eigenvalue weighted by Gasteiger charge is -2.26. The molecular formula is C15H25Cl2N3O3S. The van der Waals surface area contributed by atoms with Crippen molar-refractivity contribution in [2.45, 2.75) is 12.5 Å². The van der Waals surface area contributed by atoms with Crippen LogP contribution < -0.4 is 11.1 Å². The lowest BCUT2D eigenvalue weighted by molar-refractivity contribution is -0.121. The normalized spacial score (nSPS) is 17.9. The molecule has 1 aliphatic rings. The van der Waals surface area contributed by atoms with E-state index in [9.17, 15) is 13.2 Å². The van der Waals surface area contributed by atoms with Gasteiger partial charge in [0.05, 0.1) is 11.5 Å². The molecule has 0 spiro atoms. The fourth-order valence-corrected chi connectivity index (χ4v) is 3.69. The molecule has 0 bridgehead atoms. The van der Waals surface area contributed by atoms with Crippen LogP contribution in [-0.4, -0.2) is 56.9 Å². The first-order valence-electron chi connectivity index (χ1n) is 7.46. The maximum Gasteiger partial charge on any atom is 0.221 e. The van der Waals surface area contributed by atoms with Crippen molar-refractivity contribution < 1.29 is 13.2 Å². The van der Waals surface area contributed by atoms with Gasteiger partial charge in [-0.2, -0.15) is 0 Å². The Morgan fingerprint density at radius 2 is 1.75 bits per heavy atom. The third-order valence-corrected chi connectivity index (χ3v) is 5.43. The zero-order valence-electron chi connectivity index (χ0n) is 13.4. The SMILES string of the molecule is Cl.Cl.NC(CC(=O)NCCN1CCS(=O)(=O)CC1)c1ccccc1. The van der Waals surface area contributed by atoms with E-state index in [1.54, 1.807) is 0 Å². The van der Waals surface area contributed by atoms with Crippen molar-refractivity contribution in [2.24, 2.45) is 5.73 Å². The first kappa shape index (κ1) is 23.1. The molecule has 138 valence electrons. The van der Waals surface area contributed by atoms with Gasteiger partial charge in [0, 0.05) is 38.6 Å². The van der Waals surface area contributed by atoms with Crippen LogP contribution in [0.1, 0.15) is 18.0 Å². The van der Waals surface area contributed by atoms with Gasteiger partial charge in [0.2, 0.25) is 5.91 Å². The van der Waals surface area contributed by atoms with Crippen molar-refractivity contribution in [3.8, 4) is 0 Å². The number of nitrogens with two attached hydrogens (primary N) is 1. The van der Waals surface area contributed by atoms with Gasteiger partial charge in [-0.1, -0.05) is 30.3 Å². The number of benzene rings is 1. The molecule has 1 aromatic carbocycles. The molecule has 6 nitrogen and oxygen atoms in total. The Labute approximate surface area is 155 Å². The van der Waals surface area contributed by atoms with Crippen LogP contribution in [-0.2, 0) is 14.6 Å². The number of nitrogens with one attached hydrogen (secondary N) is 1. The fourth-order valence-electron chi connectivity index (χ4n) is 2.42. The molecule has 1 amide bonds. The van der Waals surface area contributed by atoms with Crippen LogP contribution >= 0.6 is 24.8 Å². The van der Waals surface area contributed by atoms with Crippen molar-refractivity contribution in [1.82, 2.24) is 10.2 Å². The van der Waals surface area contributed by atoms with Crippen LogP contribution in [0.25, 0.3) is 0 Å². The maximum atomic E-state index is 11.9. The Bertz CT molecular complexity index is 585. The third kappa shape index (κ3) is 7.81. The molecule has 24 heavy (non-hydrogen) atoms. The highest BCUT2D eigenvalue weighted by Gasteiger charge is 2.21. The van der Waals surface area contributed by atoms with Gasteiger partial charge in [-0.15, -0.1) is 24.8 Å². The van der Waals surface area contributed by atoms with E-state index in [1.807, 2.05) is 30.3 Å². The number of carbonyl (C=O) groups is 1. The molecule has 0 aliphatic carbocycles. The molecule has 1 fully saturated rings. The van der Waals surface area contributed by atoms with Gasteiger partial charge in [0.25, 0.3) is 0 Å². The molecule has 0 aromatic heterocycles. The van der Waals surface area contributed by atoms with E-state index < -0.39 is 9.84 Å². The minimum atomic E-state index is -2.85. The topological polar surface area (TPSA) is 92.5 Å². The van der Waals surface area contributed by atoms with Gasteiger partial charge in [0.1, 0.15) is 0 Å². The number of hydrogen-bond donors (Lipinski definition) is 2. The van der Waals surface area contributed by atoms with Crippen molar-refractivity contribution >= 4 is 40.6 Å². The molecule has 9 heteroatoms. The van der Waals surface area contributed by atoms with Crippen LogP contribution in [0.4, 0.5) is 0 Å². The first-order chi connectivity index (χ1) is 10.5. The van der Waals surface area contributed by atoms with E-state index >= 15 is 0 Å². The van der Waals surface area contributed by atoms with Crippen molar-refractivity contribution in [2.75, 3.05) is 37.7 Å².